The Bertz CT molecular complexity index is 314. The molecule has 0 aromatic heterocycles. The van der Waals surface area contributed by atoms with Gasteiger partial charge in [-0.2, -0.15) is 0 Å². The second-order valence-corrected chi connectivity index (χ2v) is 4.14. The molecule has 0 amide bonds. The first-order chi connectivity index (χ1) is 7.06. The predicted molar refractivity (Wildman–Crippen MR) is 58.7 cm³/mol. The lowest BCUT2D eigenvalue weighted by Crippen LogP contribution is -2.26. The van der Waals surface area contributed by atoms with Crippen molar-refractivity contribution in [2.24, 2.45) is 17.6 Å². The second kappa shape index (κ2) is 5.24. The first-order valence-corrected chi connectivity index (χ1v) is 5.20. The highest BCUT2D eigenvalue weighted by Gasteiger charge is 2.22. The minimum Gasteiger partial charge on any atom is -0.388 e. The first-order valence-electron chi connectivity index (χ1n) is 5.20. The zero-order valence-corrected chi connectivity index (χ0v) is 9.15. The van der Waals surface area contributed by atoms with Crippen LogP contribution in [0.2, 0.25) is 0 Å². The fourth-order valence-corrected chi connectivity index (χ4v) is 1.70. The van der Waals surface area contributed by atoms with Crippen molar-refractivity contribution in [3.8, 4) is 0 Å². The van der Waals surface area contributed by atoms with Crippen molar-refractivity contribution in [3.63, 3.8) is 0 Å². The maximum Gasteiger partial charge on any atom is 0.123 e. The van der Waals surface area contributed by atoms with E-state index in [1.165, 1.54) is 12.1 Å². The van der Waals surface area contributed by atoms with E-state index in [2.05, 4.69) is 0 Å². The lowest BCUT2D eigenvalue weighted by atomic mass is 9.86. The summed E-state index contributed by atoms with van der Waals surface area (Å²) in [7, 11) is 0. The predicted octanol–water partition coefficient (Wildman–Crippen LogP) is 2.09. The zero-order valence-electron chi connectivity index (χ0n) is 9.15. The molecule has 0 bridgehead atoms. The average Bonchev–Trinajstić information content (AvgIpc) is 2.18. The van der Waals surface area contributed by atoms with Crippen LogP contribution >= 0.6 is 0 Å². The molecule has 1 aromatic rings. The van der Waals surface area contributed by atoms with Crippen molar-refractivity contribution in [1.82, 2.24) is 0 Å². The van der Waals surface area contributed by atoms with E-state index in [4.69, 9.17) is 5.73 Å². The molecular weight excluding hydrogens is 193 g/mol. The van der Waals surface area contributed by atoms with Crippen LogP contribution in [0.1, 0.15) is 25.5 Å². The van der Waals surface area contributed by atoms with Crippen LogP contribution in [-0.4, -0.2) is 11.7 Å². The Morgan fingerprint density at radius 2 is 2.07 bits per heavy atom. The molecule has 3 N–H and O–H groups in total. The van der Waals surface area contributed by atoms with Crippen LogP contribution in [0.15, 0.2) is 24.3 Å². The second-order valence-electron chi connectivity index (χ2n) is 4.14. The Morgan fingerprint density at radius 1 is 1.40 bits per heavy atom. The van der Waals surface area contributed by atoms with E-state index < -0.39 is 6.10 Å². The van der Waals surface area contributed by atoms with Crippen molar-refractivity contribution in [2.45, 2.75) is 20.0 Å². The van der Waals surface area contributed by atoms with Gasteiger partial charge < -0.3 is 10.8 Å². The molecule has 2 unspecified atom stereocenters. The maximum atomic E-state index is 13.0. The molecule has 2 atom stereocenters. The molecule has 0 spiro atoms. The van der Waals surface area contributed by atoms with Crippen molar-refractivity contribution >= 4 is 0 Å². The largest absolute Gasteiger partial charge is 0.388 e. The number of hydrogen-bond donors (Lipinski definition) is 2. The standard InChI is InChI=1S/C12H18FNO/c1-8(2)11(7-14)12(15)9-4-3-5-10(13)6-9/h3-6,8,11-12,15H,7,14H2,1-2H3. The molecule has 1 aromatic carbocycles. The number of benzene rings is 1. The van der Waals surface area contributed by atoms with E-state index in [9.17, 15) is 9.50 Å². The van der Waals surface area contributed by atoms with Gasteiger partial charge in [0.25, 0.3) is 0 Å². The smallest absolute Gasteiger partial charge is 0.123 e. The van der Waals surface area contributed by atoms with Gasteiger partial charge in [-0.05, 0) is 30.2 Å². The SMILES string of the molecule is CC(C)C(CN)C(O)c1cccc(F)c1. The third kappa shape index (κ3) is 3.01. The summed E-state index contributed by atoms with van der Waals surface area (Å²) in [6.45, 7) is 4.40. The fraction of sp³-hybridized carbons (Fsp3) is 0.500. The Balaban J connectivity index is 2.87. The molecule has 0 radical (unpaired) electrons. The number of halogens is 1. The van der Waals surface area contributed by atoms with Crippen molar-refractivity contribution in [3.05, 3.63) is 35.6 Å². The van der Waals surface area contributed by atoms with Gasteiger partial charge in [0.2, 0.25) is 0 Å². The van der Waals surface area contributed by atoms with E-state index in [1.807, 2.05) is 13.8 Å². The maximum absolute atomic E-state index is 13.0. The van der Waals surface area contributed by atoms with E-state index >= 15 is 0 Å². The Morgan fingerprint density at radius 3 is 2.53 bits per heavy atom. The third-order valence-electron chi connectivity index (χ3n) is 2.72. The van der Waals surface area contributed by atoms with Gasteiger partial charge in [0.1, 0.15) is 5.82 Å². The summed E-state index contributed by atoms with van der Waals surface area (Å²) in [5.41, 5.74) is 6.19. The minimum absolute atomic E-state index is 0.0354. The Labute approximate surface area is 89.9 Å². The van der Waals surface area contributed by atoms with Gasteiger partial charge in [0.15, 0.2) is 0 Å². The summed E-state index contributed by atoms with van der Waals surface area (Å²) < 4.78 is 13.0. The summed E-state index contributed by atoms with van der Waals surface area (Å²) in [5, 5.41) is 10.0. The Hall–Kier alpha value is -0.930. The topological polar surface area (TPSA) is 46.2 Å². The number of aliphatic hydroxyl groups excluding tert-OH is 1. The molecule has 0 saturated heterocycles. The summed E-state index contributed by atoms with van der Waals surface area (Å²) in [6.07, 6.45) is -0.689. The van der Waals surface area contributed by atoms with Gasteiger partial charge in [-0.25, -0.2) is 4.39 Å². The first kappa shape index (κ1) is 12.1. The number of rotatable bonds is 4. The number of aliphatic hydroxyl groups is 1. The zero-order chi connectivity index (χ0) is 11.4. The van der Waals surface area contributed by atoms with Crippen LogP contribution in [0.5, 0.6) is 0 Å². The van der Waals surface area contributed by atoms with Gasteiger partial charge >= 0.3 is 0 Å². The highest BCUT2D eigenvalue weighted by Crippen LogP contribution is 2.27. The highest BCUT2D eigenvalue weighted by atomic mass is 19.1. The molecular formula is C12H18FNO. The minimum atomic E-state index is -0.689. The van der Waals surface area contributed by atoms with Gasteiger partial charge in [-0.3, -0.25) is 0 Å². The molecule has 1 rings (SSSR count). The summed E-state index contributed by atoms with van der Waals surface area (Å²) in [4.78, 5) is 0. The lowest BCUT2D eigenvalue weighted by Gasteiger charge is -2.25. The lowest BCUT2D eigenvalue weighted by molar-refractivity contribution is 0.0858. The van der Waals surface area contributed by atoms with Crippen LogP contribution in [0.3, 0.4) is 0 Å². The normalized spacial score (nSPS) is 15.3. The van der Waals surface area contributed by atoms with Crippen LogP contribution < -0.4 is 5.73 Å². The van der Waals surface area contributed by atoms with E-state index in [0.717, 1.165) is 0 Å². The molecule has 0 aliphatic heterocycles. The quantitative estimate of drug-likeness (QED) is 0.801. The number of hydrogen-bond acceptors (Lipinski definition) is 2. The third-order valence-corrected chi connectivity index (χ3v) is 2.72. The van der Waals surface area contributed by atoms with Gasteiger partial charge in [0, 0.05) is 5.92 Å². The van der Waals surface area contributed by atoms with Crippen LogP contribution in [0, 0.1) is 17.7 Å². The highest BCUT2D eigenvalue weighted by molar-refractivity contribution is 5.19. The number of nitrogens with two attached hydrogens (primary N) is 1. The van der Waals surface area contributed by atoms with E-state index in [1.54, 1.807) is 12.1 Å². The van der Waals surface area contributed by atoms with Gasteiger partial charge in [0.05, 0.1) is 6.10 Å². The molecule has 2 nitrogen and oxygen atoms in total. The molecule has 0 aliphatic rings. The molecule has 0 saturated carbocycles. The fourth-order valence-electron chi connectivity index (χ4n) is 1.70. The summed E-state index contributed by atoms with van der Waals surface area (Å²) in [5.74, 6) is -0.0915. The van der Waals surface area contributed by atoms with Crippen LogP contribution in [-0.2, 0) is 0 Å². The van der Waals surface area contributed by atoms with E-state index in [0.29, 0.717) is 12.1 Å². The van der Waals surface area contributed by atoms with Crippen molar-refractivity contribution in [1.29, 1.82) is 0 Å². The van der Waals surface area contributed by atoms with E-state index in [-0.39, 0.29) is 17.7 Å². The average molecular weight is 211 g/mol. The molecule has 84 valence electrons. The van der Waals surface area contributed by atoms with Crippen LogP contribution in [0.4, 0.5) is 4.39 Å². The van der Waals surface area contributed by atoms with Crippen LogP contribution in [0.25, 0.3) is 0 Å². The van der Waals surface area contributed by atoms with Crippen molar-refractivity contribution in [2.75, 3.05) is 6.54 Å². The Kier molecular flexibility index (Phi) is 4.24. The molecule has 15 heavy (non-hydrogen) atoms. The summed E-state index contributed by atoms with van der Waals surface area (Å²) in [6, 6.07) is 6.04. The van der Waals surface area contributed by atoms with Gasteiger partial charge in [-0.1, -0.05) is 26.0 Å². The molecule has 0 fully saturated rings. The molecule has 0 aliphatic carbocycles. The monoisotopic (exact) mass is 211 g/mol. The van der Waals surface area contributed by atoms with Gasteiger partial charge in [-0.15, -0.1) is 0 Å². The summed E-state index contributed by atoms with van der Waals surface area (Å²) >= 11 is 0. The van der Waals surface area contributed by atoms with Crippen molar-refractivity contribution < 1.29 is 9.50 Å². The molecule has 0 heterocycles. The molecule has 3 heteroatoms.